The summed E-state index contributed by atoms with van der Waals surface area (Å²) in [6.07, 6.45) is 0. The van der Waals surface area contributed by atoms with Crippen molar-refractivity contribution in [2.24, 2.45) is 7.05 Å². The highest BCUT2D eigenvalue weighted by molar-refractivity contribution is 7.99. The average molecular weight is 413 g/mol. The lowest BCUT2D eigenvalue weighted by Crippen LogP contribution is -2.28. The number of anilines is 1. The molecular weight excluding hydrogens is 393 g/mol. The fraction of sp³-hybridized carbons (Fsp3) is 0.200. The van der Waals surface area contributed by atoms with Crippen LogP contribution >= 0.6 is 11.8 Å². The monoisotopic (exact) mass is 413 g/mol. The number of aromatic nitrogens is 3. The molecule has 2 aromatic carbocycles. The number of hydrogen-bond acceptors (Lipinski definition) is 5. The second-order valence-corrected chi connectivity index (χ2v) is 7.25. The van der Waals surface area contributed by atoms with Gasteiger partial charge in [-0.15, -0.1) is 10.2 Å². The van der Waals surface area contributed by atoms with Crippen LogP contribution in [0.4, 0.5) is 10.1 Å². The quantitative estimate of drug-likeness (QED) is 0.581. The predicted molar refractivity (Wildman–Crippen MR) is 109 cm³/mol. The molecule has 0 bridgehead atoms. The summed E-state index contributed by atoms with van der Waals surface area (Å²) in [5.41, 5.74) is 0.955. The SMILES string of the molecule is CC(NC(=O)c1ccccc1)c1nnc(SCC(=O)Nc2cccc(F)c2)n1C. The minimum absolute atomic E-state index is 0.0905. The first-order chi connectivity index (χ1) is 13.9. The van der Waals surface area contributed by atoms with Gasteiger partial charge in [0.15, 0.2) is 11.0 Å². The number of halogens is 1. The standard InChI is InChI=1S/C20H20FN5O2S/c1-13(22-19(28)14-7-4-3-5-8-14)18-24-25-20(26(18)2)29-12-17(27)23-16-10-6-9-15(21)11-16/h3-11,13H,12H2,1-2H3,(H,22,28)(H,23,27). The summed E-state index contributed by atoms with van der Waals surface area (Å²) in [5, 5.41) is 14.3. The third-order valence-electron chi connectivity index (χ3n) is 4.08. The molecule has 0 fully saturated rings. The first kappa shape index (κ1) is 20.5. The van der Waals surface area contributed by atoms with Gasteiger partial charge in [0.05, 0.1) is 11.8 Å². The van der Waals surface area contributed by atoms with E-state index in [0.29, 0.717) is 22.2 Å². The molecule has 0 aliphatic carbocycles. The number of rotatable bonds is 7. The molecule has 0 aliphatic heterocycles. The topological polar surface area (TPSA) is 88.9 Å². The highest BCUT2D eigenvalue weighted by Gasteiger charge is 2.19. The van der Waals surface area contributed by atoms with E-state index in [0.717, 1.165) is 0 Å². The zero-order valence-corrected chi connectivity index (χ0v) is 16.7. The number of nitrogens with zero attached hydrogens (tertiary/aromatic N) is 3. The van der Waals surface area contributed by atoms with E-state index >= 15 is 0 Å². The first-order valence-electron chi connectivity index (χ1n) is 8.87. The smallest absolute Gasteiger partial charge is 0.251 e. The van der Waals surface area contributed by atoms with E-state index in [9.17, 15) is 14.0 Å². The van der Waals surface area contributed by atoms with Gasteiger partial charge < -0.3 is 15.2 Å². The predicted octanol–water partition coefficient (Wildman–Crippen LogP) is 3.18. The lowest BCUT2D eigenvalue weighted by atomic mass is 10.2. The molecule has 7 nitrogen and oxygen atoms in total. The second-order valence-electron chi connectivity index (χ2n) is 6.31. The molecule has 9 heteroatoms. The Morgan fingerprint density at radius 1 is 1.14 bits per heavy atom. The van der Waals surface area contributed by atoms with E-state index < -0.39 is 5.82 Å². The van der Waals surface area contributed by atoms with E-state index in [-0.39, 0.29) is 23.6 Å². The molecule has 0 spiro atoms. The van der Waals surface area contributed by atoms with Crippen LogP contribution < -0.4 is 10.6 Å². The van der Waals surface area contributed by atoms with Crippen molar-refractivity contribution in [1.82, 2.24) is 20.1 Å². The van der Waals surface area contributed by atoms with E-state index in [1.54, 1.807) is 41.9 Å². The van der Waals surface area contributed by atoms with Crippen molar-refractivity contribution in [3.8, 4) is 0 Å². The Balaban J connectivity index is 1.57. The molecule has 1 heterocycles. The van der Waals surface area contributed by atoms with Gasteiger partial charge in [-0.1, -0.05) is 36.0 Å². The number of hydrogen-bond donors (Lipinski definition) is 2. The molecule has 0 saturated carbocycles. The number of benzene rings is 2. The molecule has 1 aromatic heterocycles. The molecule has 0 saturated heterocycles. The van der Waals surface area contributed by atoms with Crippen LogP contribution in [0.3, 0.4) is 0 Å². The summed E-state index contributed by atoms with van der Waals surface area (Å²) < 4.78 is 14.9. The summed E-state index contributed by atoms with van der Waals surface area (Å²) in [4.78, 5) is 24.4. The second kappa shape index (κ2) is 9.33. The third-order valence-corrected chi connectivity index (χ3v) is 5.10. The van der Waals surface area contributed by atoms with Gasteiger partial charge in [0.2, 0.25) is 5.91 Å². The summed E-state index contributed by atoms with van der Waals surface area (Å²) in [6, 6.07) is 14.2. The largest absolute Gasteiger partial charge is 0.342 e. The van der Waals surface area contributed by atoms with Gasteiger partial charge in [0, 0.05) is 18.3 Å². The Hall–Kier alpha value is -3.20. The van der Waals surface area contributed by atoms with Gasteiger partial charge in [-0.2, -0.15) is 0 Å². The van der Waals surface area contributed by atoms with E-state index in [2.05, 4.69) is 20.8 Å². The van der Waals surface area contributed by atoms with E-state index in [1.165, 1.54) is 30.0 Å². The molecule has 1 atom stereocenters. The minimum atomic E-state index is -0.417. The molecule has 1 unspecified atom stereocenters. The highest BCUT2D eigenvalue weighted by atomic mass is 32.2. The Labute approximate surface area is 171 Å². The van der Waals surface area contributed by atoms with Crippen LogP contribution in [0, 0.1) is 5.82 Å². The fourth-order valence-corrected chi connectivity index (χ4v) is 3.37. The molecule has 3 rings (SSSR count). The van der Waals surface area contributed by atoms with Gasteiger partial charge in [0.1, 0.15) is 5.82 Å². The van der Waals surface area contributed by atoms with Crippen molar-refractivity contribution < 1.29 is 14.0 Å². The van der Waals surface area contributed by atoms with Crippen LogP contribution in [-0.2, 0) is 11.8 Å². The molecule has 0 radical (unpaired) electrons. The number of carbonyl (C=O) groups is 2. The van der Waals surface area contributed by atoms with Crippen molar-refractivity contribution >= 4 is 29.3 Å². The van der Waals surface area contributed by atoms with Gasteiger partial charge in [0.25, 0.3) is 5.91 Å². The first-order valence-corrected chi connectivity index (χ1v) is 9.86. The lowest BCUT2D eigenvalue weighted by Gasteiger charge is -2.13. The number of carbonyl (C=O) groups excluding carboxylic acids is 2. The van der Waals surface area contributed by atoms with Crippen LogP contribution in [0.5, 0.6) is 0 Å². The molecule has 150 valence electrons. The Morgan fingerprint density at radius 3 is 2.62 bits per heavy atom. The van der Waals surface area contributed by atoms with Gasteiger partial charge in [-0.05, 0) is 37.3 Å². The molecule has 3 aromatic rings. The Bertz CT molecular complexity index is 1010. The summed E-state index contributed by atoms with van der Waals surface area (Å²) in [6.45, 7) is 1.82. The lowest BCUT2D eigenvalue weighted by molar-refractivity contribution is -0.113. The number of amides is 2. The average Bonchev–Trinajstić information content (AvgIpc) is 3.07. The van der Waals surface area contributed by atoms with E-state index in [1.807, 2.05) is 13.0 Å². The maximum Gasteiger partial charge on any atom is 0.251 e. The van der Waals surface area contributed by atoms with Crippen LogP contribution in [-0.4, -0.2) is 32.3 Å². The maximum absolute atomic E-state index is 13.2. The molecule has 29 heavy (non-hydrogen) atoms. The van der Waals surface area contributed by atoms with Gasteiger partial charge >= 0.3 is 0 Å². The fourth-order valence-electron chi connectivity index (χ4n) is 2.66. The summed E-state index contributed by atoms with van der Waals surface area (Å²) >= 11 is 1.20. The Kier molecular flexibility index (Phi) is 6.61. The van der Waals surface area contributed by atoms with Crippen LogP contribution in [0.2, 0.25) is 0 Å². The van der Waals surface area contributed by atoms with Crippen molar-refractivity contribution in [2.75, 3.05) is 11.1 Å². The Morgan fingerprint density at radius 2 is 1.90 bits per heavy atom. The van der Waals surface area contributed by atoms with Crippen LogP contribution in [0.15, 0.2) is 59.8 Å². The zero-order chi connectivity index (χ0) is 20.8. The van der Waals surface area contributed by atoms with Crippen LogP contribution in [0.1, 0.15) is 29.1 Å². The normalized spacial score (nSPS) is 11.7. The summed E-state index contributed by atoms with van der Waals surface area (Å²) in [5.74, 6) is -0.240. The van der Waals surface area contributed by atoms with Crippen molar-refractivity contribution in [3.63, 3.8) is 0 Å². The van der Waals surface area contributed by atoms with Gasteiger partial charge in [-0.25, -0.2) is 4.39 Å². The van der Waals surface area contributed by atoms with Gasteiger partial charge in [-0.3, -0.25) is 9.59 Å². The maximum atomic E-state index is 13.2. The highest BCUT2D eigenvalue weighted by Crippen LogP contribution is 2.20. The molecule has 2 N–H and O–H groups in total. The van der Waals surface area contributed by atoms with Crippen LogP contribution in [0.25, 0.3) is 0 Å². The summed E-state index contributed by atoms with van der Waals surface area (Å²) in [7, 11) is 1.77. The number of thioether (sulfide) groups is 1. The van der Waals surface area contributed by atoms with E-state index in [4.69, 9.17) is 0 Å². The molecule has 2 amide bonds. The van der Waals surface area contributed by atoms with Crippen molar-refractivity contribution in [1.29, 1.82) is 0 Å². The molecular formula is C20H20FN5O2S. The zero-order valence-electron chi connectivity index (χ0n) is 15.9. The van der Waals surface area contributed by atoms with Crippen molar-refractivity contribution in [3.05, 3.63) is 71.8 Å². The minimum Gasteiger partial charge on any atom is -0.342 e. The third kappa shape index (κ3) is 5.41. The molecule has 0 aliphatic rings. The number of nitrogens with one attached hydrogen (secondary N) is 2. The van der Waals surface area contributed by atoms with Crippen molar-refractivity contribution in [2.45, 2.75) is 18.1 Å².